The number of rotatable bonds is 6. The second-order valence-electron chi connectivity index (χ2n) is 5.58. The normalized spacial score (nSPS) is 13.1. The molecule has 1 aromatic rings. The maximum Gasteiger partial charge on any atom is 0.122 e. The molecule has 102 valence electrons. The van der Waals surface area contributed by atoms with Crippen LogP contribution in [0.1, 0.15) is 57.1 Å². The molecular formula is C16H27NO. The van der Waals surface area contributed by atoms with Crippen LogP contribution in [0.15, 0.2) is 18.2 Å². The van der Waals surface area contributed by atoms with Crippen molar-refractivity contribution in [1.29, 1.82) is 0 Å². The zero-order valence-corrected chi connectivity index (χ0v) is 12.4. The number of hydrogen-bond acceptors (Lipinski definition) is 2. The third-order valence-electron chi connectivity index (χ3n) is 3.60. The van der Waals surface area contributed by atoms with Crippen LogP contribution in [0.3, 0.4) is 0 Å². The zero-order valence-electron chi connectivity index (χ0n) is 12.4. The summed E-state index contributed by atoms with van der Waals surface area (Å²) in [6.07, 6.45) is 1.01. The van der Waals surface area contributed by atoms with Crippen molar-refractivity contribution in [3.63, 3.8) is 0 Å². The first-order chi connectivity index (χ1) is 8.51. The Bertz CT molecular complexity index is 371. The fraction of sp³-hybridized carbons (Fsp3) is 0.625. The third kappa shape index (κ3) is 3.49. The van der Waals surface area contributed by atoms with Crippen molar-refractivity contribution in [3.8, 4) is 5.75 Å². The molecule has 2 heteroatoms. The van der Waals surface area contributed by atoms with Crippen LogP contribution in [0, 0.1) is 5.92 Å². The smallest absolute Gasteiger partial charge is 0.122 e. The largest absolute Gasteiger partial charge is 0.496 e. The first-order valence-corrected chi connectivity index (χ1v) is 6.89. The Labute approximate surface area is 112 Å². The van der Waals surface area contributed by atoms with E-state index in [1.807, 2.05) is 0 Å². The molecule has 18 heavy (non-hydrogen) atoms. The van der Waals surface area contributed by atoms with E-state index in [0.717, 1.165) is 18.7 Å². The third-order valence-corrected chi connectivity index (χ3v) is 3.60. The first-order valence-electron chi connectivity index (χ1n) is 6.89. The lowest BCUT2D eigenvalue weighted by Crippen LogP contribution is -2.14. The van der Waals surface area contributed by atoms with Crippen LogP contribution in [0.5, 0.6) is 5.75 Å². The van der Waals surface area contributed by atoms with Crippen LogP contribution in [-0.2, 0) is 0 Å². The molecule has 1 atom stereocenters. The molecule has 1 rings (SSSR count). The molecule has 0 heterocycles. The van der Waals surface area contributed by atoms with Gasteiger partial charge < -0.3 is 10.5 Å². The minimum Gasteiger partial charge on any atom is -0.496 e. The topological polar surface area (TPSA) is 35.2 Å². The van der Waals surface area contributed by atoms with E-state index < -0.39 is 0 Å². The van der Waals surface area contributed by atoms with Crippen molar-refractivity contribution in [1.82, 2.24) is 0 Å². The van der Waals surface area contributed by atoms with E-state index in [1.165, 1.54) is 11.1 Å². The van der Waals surface area contributed by atoms with Gasteiger partial charge in [0.05, 0.1) is 7.11 Å². The zero-order chi connectivity index (χ0) is 13.7. The highest BCUT2D eigenvalue weighted by Crippen LogP contribution is 2.36. The van der Waals surface area contributed by atoms with Crippen molar-refractivity contribution < 1.29 is 4.74 Å². The van der Waals surface area contributed by atoms with Gasteiger partial charge in [-0.15, -0.1) is 0 Å². The van der Waals surface area contributed by atoms with Crippen LogP contribution in [0.25, 0.3) is 0 Å². The average molecular weight is 249 g/mol. The highest BCUT2D eigenvalue weighted by Gasteiger charge is 2.20. The molecule has 0 radical (unpaired) electrons. The number of ether oxygens (including phenoxy) is 1. The summed E-state index contributed by atoms with van der Waals surface area (Å²) in [7, 11) is 1.74. The SMILES string of the molecule is COc1ccc(C(C)C)cc1C(CCN)C(C)C. The minimum absolute atomic E-state index is 0.476. The van der Waals surface area contributed by atoms with Crippen molar-refractivity contribution in [2.24, 2.45) is 11.7 Å². The Kier molecular flexibility index (Phi) is 5.67. The summed E-state index contributed by atoms with van der Waals surface area (Å²) in [6, 6.07) is 6.55. The van der Waals surface area contributed by atoms with Crippen LogP contribution in [0.4, 0.5) is 0 Å². The standard InChI is InChI=1S/C16H27NO/c1-11(2)13-6-7-16(18-5)15(10-13)14(8-9-17)12(3)4/h6-7,10-12,14H,8-9,17H2,1-5H3. The monoisotopic (exact) mass is 249 g/mol. The minimum atomic E-state index is 0.476. The second-order valence-corrected chi connectivity index (χ2v) is 5.58. The van der Waals surface area contributed by atoms with Crippen LogP contribution in [-0.4, -0.2) is 13.7 Å². The molecule has 0 amide bonds. The van der Waals surface area contributed by atoms with Gasteiger partial charge in [0.25, 0.3) is 0 Å². The molecule has 1 aromatic carbocycles. The Morgan fingerprint density at radius 3 is 2.28 bits per heavy atom. The summed E-state index contributed by atoms with van der Waals surface area (Å²) in [5.74, 6) is 2.58. The van der Waals surface area contributed by atoms with E-state index in [9.17, 15) is 0 Å². The molecular weight excluding hydrogens is 222 g/mol. The van der Waals surface area contributed by atoms with Gasteiger partial charge in [-0.2, -0.15) is 0 Å². The molecule has 0 bridgehead atoms. The van der Waals surface area contributed by atoms with Crippen molar-refractivity contribution in [3.05, 3.63) is 29.3 Å². The maximum absolute atomic E-state index is 5.75. The van der Waals surface area contributed by atoms with E-state index in [1.54, 1.807) is 7.11 Å². The molecule has 0 saturated carbocycles. The van der Waals surface area contributed by atoms with Gasteiger partial charge in [-0.05, 0) is 47.9 Å². The van der Waals surface area contributed by atoms with Gasteiger partial charge in [-0.1, -0.05) is 39.8 Å². The lowest BCUT2D eigenvalue weighted by molar-refractivity contribution is 0.389. The quantitative estimate of drug-likeness (QED) is 0.829. The number of methoxy groups -OCH3 is 1. The predicted octanol–water partition coefficient (Wildman–Crippen LogP) is 3.91. The Morgan fingerprint density at radius 1 is 1.17 bits per heavy atom. The number of nitrogens with two attached hydrogens (primary N) is 1. The summed E-state index contributed by atoms with van der Waals surface area (Å²) in [4.78, 5) is 0. The lowest BCUT2D eigenvalue weighted by atomic mass is 9.83. The Morgan fingerprint density at radius 2 is 1.83 bits per heavy atom. The summed E-state index contributed by atoms with van der Waals surface area (Å²) in [6.45, 7) is 9.67. The maximum atomic E-state index is 5.75. The van der Waals surface area contributed by atoms with Crippen molar-refractivity contribution in [2.45, 2.75) is 46.0 Å². The van der Waals surface area contributed by atoms with Crippen molar-refractivity contribution >= 4 is 0 Å². The van der Waals surface area contributed by atoms with Gasteiger partial charge in [0.15, 0.2) is 0 Å². The molecule has 0 fully saturated rings. The second kappa shape index (κ2) is 6.79. The molecule has 2 N–H and O–H groups in total. The summed E-state index contributed by atoms with van der Waals surface area (Å²) >= 11 is 0. The fourth-order valence-corrected chi connectivity index (χ4v) is 2.43. The van der Waals surface area contributed by atoms with E-state index in [2.05, 4.69) is 45.9 Å². The summed E-state index contributed by atoms with van der Waals surface area (Å²) in [5.41, 5.74) is 8.43. The van der Waals surface area contributed by atoms with Gasteiger partial charge in [-0.3, -0.25) is 0 Å². The van der Waals surface area contributed by atoms with Gasteiger partial charge in [0.1, 0.15) is 5.75 Å². The fourth-order valence-electron chi connectivity index (χ4n) is 2.43. The van der Waals surface area contributed by atoms with Crippen molar-refractivity contribution in [2.75, 3.05) is 13.7 Å². The molecule has 0 aliphatic heterocycles. The Hall–Kier alpha value is -1.02. The molecule has 1 unspecified atom stereocenters. The van der Waals surface area contributed by atoms with Gasteiger partial charge in [0.2, 0.25) is 0 Å². The first kappa shape index (κ1) is 15.0. The Balaban J connectivity index is 3.19. The van der Waals surface area contributed by atoms with E-state index in [4.69, 9.17) is 10.5 Å². The highest BCUT2D eigenvalue weighted by atomic mass is 16.5. The van der Waals surface area contributed by atoms with E-state index >= 15 is 0 Å². The summed E-state index contributed by atoms with van der Waals surface area (Å²) in [5, 5.41) is 0. The van der Waals surface area contributed by atoms with Crippen LogP contribution in [0.2, 0.25) is 0 Å². The van der Waals surface area contributed by atoms with E-state index in [-0.39, 0.29) is 0 Å². The molecule has 0 aliphatic rings. The number of benzene rings is 1. The lowest BCUT2D eigenvalue weighted by Gasteiger charge is -2.24. The van der Waals surface area contributed by atoms with Gasteiger partial charge in [0, 0.05) is 0 Å². The van der Waals surface area contributed by atoms with E-state index in [0.29, 0.717) is 17.8 Å². The molecule has 0 saturated heterocycles. The highest BCUT2D eigenvalue weighted by molar-refractivity contribution is 5.41. The molecule has 0 aliphatic carbocycles. The average Bonchev–Trinajstić information content (AvgIpc) is 2.34. The van der Waals surface area contributed by atoms with Crippen LogP contribution >= 0.6 is 0 Å². The molecule has 0 aromatic heterocycles. The number of hydrogen-bond donors (Lipinski definition) is 1. The molecule has 0 spiro atoms. The van der Waals surface area contributed by atoms with Gasteiger partial charge in [-0.25, -0.2) is 0 Å². The molecule has 2 nitrogen and oxygen atoms in total. The summed E-state index contributed by atoms with van der Waals surface area (Å²) < 4.78 is 5.52. The van der Waals surface area contributed by atoms with Crippen LogP contribution < -0.4 is 10.5 Å². The van der Waals surface area contributed by atoms with Gasteiger partial charge >= 0.3 is 0 Å². The predicted molar refractivity (Wildman–Crippen MR) is 78.3 cm³/mol.